The zero-order valence-corrected chi connectivity index (χ0v) is 18.9. The number of carbonyl (C=O) groups is 1. The van der Waals surface area contributed by atoms with Gasteiger partial charge in [0.1, 0.15) is 11.4 Å². The summed E-state index contributed by atoms with van der Waals surface area (Å²) in [6, 6.07) is 12.7. The lowest BCUT2D eigenvalue weighted by Crippen LogP contribution is -2.45. The lowest BCUT2D eigenvalue weighted by atomic mass is 9.89. The molecule has 1 aliphatic rings. The number of halogens is 5. The van der Waals surface area contributed by atoms with E-state index < -0.39 is 29.3 Å². The molecule has 0 spiro atoms. The van der Waals surface area contributed by atoms with Crippen LogP contribution in [-0.4, -0.2) is 21.9 Å². The molecule has 1 N–H and O–H groups in total. The lowest BCUT2D eigenvalue weighted by Gasteiger charge is -2.26. The van der Waals surface area contributed by atoms with E-state index >= 15 is 0 Å². The molecule has 1 saturated carbocycles. The Morgan fingerprint density at radius 1 is 0.972 bits per heavy atom. The van der Waals surface area contributed by atoms with Gasteiger partial charge >= 0.3 is 12.1 Å². The van der Waals surface area contributed by atoms with E-state index in [-0.39, 0.29) is 11.9 Å². The Morgan fingerprint density at radius 2 is 1.75 bits per heavy atom. The first-order chi connectivity index (χ1) is 17.1. The third-order valence-electron chi connectivity index (χ3n) is 5.75. The summed E-state index contributed by atoms with van der Waals surface area (Å²) in [6.07, 6.45) is 1.67. The normalized spacial score (nSPS) is 16.4. The summed E-state index contributed by atoms with van der Waals surface area (Å²) in [5.41, 5.74) is 0.452. The van der Waals surface area contributed by atoms with E-state index in [2.05, 4.69) is 15.3 Å². The molecular formula is C26H22F5N3O2. The van der Waals surface area contributed by atoms with Crippen LogP contribution in [0.4, 0.5) is 22.0 Å². The Bertz CT molecular complexity index is 1220. The second kappa shape index (κ2) is 10.4. The number of amides is 1. The Hall–Kier alpha value is -3.82. The van der Waals surface area contributed by atoms with Crippen molar-refractivity contribution in [1.29, 1.82) is 0 Å². The fourth-order valence-corrected chi connectivity index (χ4v) is 3.85. The maximum absolute atomic E-state index is 14.4. The molecule has 0 saturated heterocycles. The summed E-state index contributed by atoms with van der Waals surface area (Å²) < 4.78 is 72.4. The number of hydrogen-bond acceptors (Lipinski definition) is 4. The van der Waals surface area contributed by atoms with Crippen LogP contribution in [0.15, 0.2) is 72.6 Å². The van der Waals surface area contributed by atoms with Crippen LogP contribution in [0.25, 0.3) is 6.08 Å². The number of hydrogen-bond donors (Lipinski definition) is 1. The monoisotopic (exact) mass is 503 g/mol. The number of nitrogens with one attached hydrogen (secondary N) is 1. The number of nitrogens with zero attached hydrogens (tertiary/aromatic N) is 2. The molecule has 0 unspecified atom stereocenters. The van der Waals surface area contributed by atoms with Gasteiger partial charge in [0.25, 0.3) is 5.91 Å². The van der Waals surface area contributed by atoms with Crippen molar-refractivity contribution in [3.63, 3.8) is 0 Å². The van der Waals surface area contributed by atoms with E-state index in [1.807, 2.05) is 12.1 Å². The third-order valence-corrected chi connectivity index (χ3v) is 5.75. The van der Waals surface area contributed by atoms with Gasteiger partial charge in [0.15, 0.2) is 0 Å². The molecule has 188 valence electrons. The van der Waals surface area contributed by atoms with Crippen LogP contribution in [-0.2, 0) is 16.9 Å². The number of allylic oxidation sites excluding steroid dienone is 1. The molecule has 10 heteroatoms. The highest BCUT2D eigenvalue weighted by Crippen LogP contribution is 2.32. The topological polar surface area (TPSA) is 64.1 Å². The maximum atomic E-state index is 14.4. The highest BCUT2D eigenvalue weighted by atomic mass is 19.4. The minimum Gasteiger partial charge on any atom is -0.439 e. The van der Waals surface area contributed by atoms with Crippen molar-refractivity contribution in [1.82, 2.24) is 15.3 Å². The van der Waals surface area contributed by atoms with Crippen molar-refractivity contribution in [3.05, 3.63) is 89.4 Å². The van der Waals surface area contributed by atoms with Gasteiger partial charge in [0.05, 0.1) is 5.56 Å². The van der Waals surface area contributed by atoms with Crippen molar-refractivity contribution in [2.45, 2.75) is 43.8 Å². The van der Waals surface area contributed by atoms with Crippen molar-refractivity contribution < 1.29 is 31.5 Å². The Balaban J connectivity index is 1.33. The second-order valence-corrected chi connectivity index (χ2v) is 8.40. The molecule has 5 nitrogen and oxygen atoms in total. The molecule has 2 heterocycles. The van der Waals surface area contributed by atoms with Crippen molar-refractivity contribution in [2.75, 3.05) is 0 Å². The lowest BCUT2D eigenvalue weighted by molar-refractivity contribution is -0.148. The third kappa shape index (κ3) is 6.24. The summed E-state index contributed by atoms with van der Waals surface area (Å²) in [4.78, 5) is 19.5. The van der Waals surface area contributed by atoms with E-state index in [4.69, 9.17) is 4.74 Å². The minimum absolute atomic E-state index is 0.0338. The van der Waals surface area contributed by atoms with Gasteiger partial charge in [-0.25, -0.2) is 4.98 Å². The van der Waals surface area contributed by atoms with Crippen LogP contribution in [0.2, 0.25) is 0 Å². The SMILES string of the molecule is O=C(NC1CCC(=Cc2cccc(Oc3ccc(C(F)(F)F)cn3)c2)CC1)C(F)(F)c1ccccn1. The number of ether oxygens (including phenoxy) is 1. The van der Waals surface area contributed by atoms with Crippen molar-refractivity contribution in [2.24, 2.45) is 0 Å². The number of alkyl halides is 5. The highest BCUT2D eigenvalue weighted by Gasteiger charge is 2.43. The molecule has 0 radical (unpaired) electrons. The molecule has 1 aromatic carbocycles. The number of pyridine rings is 2. The average Bonchev–Trinajstić information content (AvgIpc) is 2.86. The predicted octanol–water partition coefficient (Wildman–Crippen LogP) is 6.52. The van der Waals surface area contributed by atoms with Gasteiger partial charge in [-0.2, -0.15) is 22.0 Å². The molecule has 0 atom stereocenters. The van der Waals surface area contributed by atoms with Crippen LogP contribution in [0.3, 0.4) is 0 Å². The summed E-state index contributed by atoms with van der Waals surface area (Å²) >= 11 is 0. The van der Waals surface area contributed by atoms with E-state index in [1.165, 1.54) is 18.3 Å². The Morgan fingerprint density at radius 3 is 2.39 bits per heavy atom. The smallest absolute Gasteiger partial charge is 0.417 e. The van der Waals surface area contributed by atoms with E-state index in [0.717, 1.165) is 29.3 Å². The molecule has 3 aromatic rings. The fourth-order valence-electron chi connectivity index (χ4n) is 3.85. The molecule has 1 aliphatic carbocycles. The van der Waals surface area contributed by atoms with Crippen molar-refractivity contribution in [3.8, 4) is 11.6 Å². The first-order valence-electron chi connectivity index (χ1n) is 11.2. The molecule has 36 heavy (non-hydrogen) atoms. The first-order valence-corrected chi connectivity index (χ1v) is 11.2. The standard InChI is InChI=1S/C26H22F5N3O2/c27-25(28,22-6-1-2-13-32-22)24(35)34-20-10-7-17(8-11-20)14-18-4-3-5-21(15-18)36-23-12-9-19(16-33-23)26(29,30)31/h1-6,9,12-16,20H,7-8,10-11H2,(H,34,35). The Kier molecular flexibility index (Phi) is 7.32. The quantitative estimate of drug-likeness (QED) is 0.389. The molecule has 0 bridgehead atoms. The number of benzene rings is 1. The number of rotatable bonds is 6. The minimum atomic E-state index is -4.47. The highest BCUT2D eigenvalue weighted by molar-refractivity contribution is 5.84. The van der Waals surface area contributed by atoms with Gasteiger partial charge < -0.3 is 10.1 Å². The van der Waals surface area contributed by atoms with Crippen LogP contribution >= 0.6 is 0 Å². The molecule has 1 fully saturated rings. The summed E-state index contributed by atoms with van der Waals surface area (Å²) in [5, 5.41) is 2.44. The van der Waals surface area contributed by atoms with Crippen LogP contribution in [0, 0.1) is 0 Å². The Labute approximate surface area is 204 Å². The summed E-state index contributed by atoms with van der Waals surface area (Å²) in [5.74, 6) is -4.62. The zero-order valence-electron chi connectivity index (χ0n) is 18.9. The molecule has 4 rings (SSSR count). The van der Waals surface area contributed by atoms with Crippen LogP contribution in [0.5, 0.6) is 11.6 Å². The van der Waals surface area contributed by atoms with Gasteiger partial charge in [-0.15, -0.1) is 0 Å². The number of carbonyl (C=O) groups excluding carboxylic acids is 1. The summed E-state index contributed by atoms with van der Waals surface area (Å²) in [7, 11) is 0. The van der Waals surface area contributed by atoms with E-state index in [1.54, 1.807) is 18.2 Å². The van der Waals surface area contributed by atoms with Gasteiger partial charge in [-0.1, -0.05) is 29.8 Å². The van der Waals surface area contributed by atoms with Gasteiger partial charge in [-0.05, 0) is 61.6 Å². The second-order valence-electron chi connectivity index (χ2n) is 8.40. The van der Waals surface area contributed by atoms with E-state index in [9.17, 15) is 26.7 Å². The molecule has 0 aliphatic heterocycles. The van der Waals surface area contributed by atoms with Gasteiger partial charge in [0, 0.05) is 24.5 Å². The molecule has 1 amide bonds. The maximum Gasteiger partial charge on any atom is 0.417 e. The molecular weight excluding hydrogens is 481 g/mol. The van der Waals surface area contributed by atoms with Crippen molar-refractivity contribution >= 4 is 12.0 Å². The fraction of sp³-hybridized carbons (Fsp3) is 0.269. The predicted molar refractivity (Wildman–Crippen MR) is 122 cm³/mol. The summed E-state index contributed by atoms with van der Waals surface area (Å²) in [6.45, 7) is 0. The number of aromatic nitrogens is 2. The van der Waals surface area contributed by atoms with Gasteiger partial charge in [-0.3, -0.25) is 9.78 Å². The van der Waals surface area contributed by atoms with Crippen LogP contribution in [0.1, 0.15) is 42.5 Å². The first kappa shape index (κ1) is 25.3. The molecule has 2 aromatic heterocycles. The van der Waals surface area contributed by atoms with E-state index in [0.29, 0.717) is 37.6 Å². The van der Waals surface area contributed by atoms with Crippen LogP contribution < -0.4 is 10.1 Å². The van der Waals surface area contributed by atoms with Gasteiger partial charge in [0.2, 0.25) is 5.88 Å². The zero-order chi connectivity index (χ0) is 25.8. The average molecular weight is 503 g/mol. The largest absolute Gasteiger partial charge is 0.439 e.